The van der Waals surface area contributed by atoms with E-state index in [0.717, 1.165) is 0 Å². The minimum absolute atomic E-state index is 0.0780. The Hall–Kier alpha value is -1.35. The molecule has 0 atom stereocenters. The van der Waals surface area contributed by atoms with Crippen molar-refractivity contribution in [1.29, 1.82) is 0 Å². The van der Waals surface area contributed by atoms with Gasteiger partial charge in [-0.05, 0) is 23.1 Å². The molecule has 0 radical (unpaired) electrons. The van der Waals surface area contributed by atoms with E-state index in [2.05, 4.69) is 20.8 Å². The van der Waals surface area contributed by atoms with Crippen molar-refractivity contribution in [2.24, 2.45) is 0 Å². The van der Waals surface area contributed by atoms with Crippen LogP contribution in [0.5, 0.6) is 5.75 Å². The normalized spacial score (nSPS) is 11.2. The van der Waals surface area contributed by atoms with Crippen LogP contribution in [0.1, 0.15) is 26.3 Å². The summed E-state index contributed by atoms with van der Waals surface area (Å²) in [6.45, 7) is 5.86. The largest absolute Gasteiger partial charge is 0.486 e. The highest BCUT2D eigenvalue weighted by molar-refractivity contribution is 5.80. The van der Waals surface area contributed by atoms with Gasteiger partial charge in [-0.1, -0.05) is 32.9 Å². The molecule has 1 rings (SSSR count). The zero-order valence-electron chi connectivity index (χ0n) is 9.99. The molecule has 0 saturated heterocycles. The number of hydrogen-bond donors (Lipinski definition) is 1. The molecule has 0 unspecified atom stereocenters. The Morgan fingerprint density at radius 3 is 2.25 bits per heavy atom. The quantitative estimate of drug-likeness (QED) is 0.846. The Labute approximate surface area is 96.1 Å². The zero-order valence-corrected chi connectivity index (χ0v) is 9.99. The van der Waals surface area contributed by atoms with E-state index in [1.54, 1.807) is 0 Å². The van der Waals surface area contributed by atoms with Gasteiger partial charge in [0.2, 0.25) is 0 Å². The third-order valence-corrected chi connectivity index (χ3v) is 2.30. The molecule has 0 bridgehead atoms. The molecule has 0 spiro atoms. The second-order valence-electron chi connectivity index (χ2n) is 4.76. The number of aliphatic hydroxyl groups is 1. The van der Waals surface area contributed by atoms with E-state index < -0.39 is 6.61 Å². The Bertz CT molecular complexity index is 346. The van der Waals surface area contributed by atoms with Crippen molar-refractivity contribution in [2.45, 2.75) is 26.2 Å². The molecular formula is C13H18O3. The van der Waals surface area contributed by atoms with Gasteiger partial charge in [0.25, 0.3) is 0 Å². The highest BCUT2D eigenvalue weighted by Crippen LogP contribution is 2.24. The maximum absolute atomic E-state index is 10.8. The molecule has 88 valence electrons. The van der Waals surface area contributed by atoms with Gasteiger partial charge < -0.3 is 9.84 Å². The molecular weight excluding hydrogens is 204 g/mol. The highest BCUT2D eigenvalue weighted by Gasteiger charge is 2.13. The third-order valence-electron chi connectivity index (χ3n) is 2.30. The topological polar surface area (TPSA) is 46.5 Å². The lowest BCUT2D eigenvalue weighted by molar-refractivity contribution is -0.123. The fourth-order valence-corrected chi connectivity index (χ4v) is 1.26. The highest BCUT2D eigenvalue weighted by atomic mass is 16.5. The van der Waals surface area contributed by atoms with Crippen LogP contribution in [-0.2, 0) is 10.2 Å². The number of carbonyl (C=O) groups is 1. The third kappa shape index (κ3) is 3.66. The maximum Gasteiger partial charge on any atom is 0.195 e. The van der Waals surface area contributed by atoms with Gasteiger partial charge >= 0.3 is 0 Å². The van der Waals surface area contributed by atoms with Gasteiger partial charge in [-0.25, -0.2) is 0 Å². The lowest BCUT2D eigenvalue weighted by Gasteiger charge is -2.19. The van der Waals surface area contributed by atoms with E-state index in [-0.39, 0.29) is 17.8 Å². The van der Waals surface area contributed by atoms with Gasteiger partial charge in [0, 0.05) is 0 Å². The Balaban J connectivity index is 2.62. The maximum atomic E-state index is 10.8. The molecule has 0 aliphatic carbocycles. The Morgan fingerprint density at radius 1 is 1.25 bits per heavy atom. The molecule has 0 amide bonds. The standard InChI is InChI=1S/C13H18O3/c1-13(2,3)10-4-6-12(7-5-10)16-9-11(15)8-14/h4-7,14H,8-9H2,1-3H3. The first-order chi connectivity index (χ1) is 7.43. The number of aliphatic hydroxyl groups excluding tert-OH is 1. The van der Waals surface area contributed by atoms with Crippen LogP contribution >= 0.6 is 0 Å². The van der Waals surface area contributed by atoms with Gasteiger partial charge in [-0.3, -0.25) is 4.79 Å². The first-order valence-corrected chi connectivity index (χ1v) is 5.29. The van der Waals surface area contributed by atoms with Gasteiger partial charge in [0.1, 0.15) is 19.0 Å². The average molecular weight is 222 g/mol. The summed E-state index contributed by atoms with van der Waals surface area (Å²) in [5, 5.41) is 8.53. The van der Waals surface area contributed by atoms with E-state index in [0.29, 0.717) is 5.75 Å². The summed E-state index contributed by atoms with van der Waals surface area (Å²) < 4.78 is 5.22. The number of ether oxygens (including phenoxy) is 1. The molecule has 1 aromatic carbocycles. The molecule has 0 aromatic heterocycles. The van der Waals surface area contributed by atoms with Crippen molar-refractivity contribution in [2.75, 3.05) is 13.2 Å². The predicted molar refractivity (Wildman–Crippen MR) is 62.7 cm³/mol. The van der Waals surface area contributed by atoms with E-state index in [9.17, 15) is 4.79 Å². The van der Waals surface area contributed by atoms with Crippen LogP contribution in [0.3, 0.4) is 0 Å². The van der Waals surface area contributed by atoms with Crippen LogP contribution in [-0.4, -0.2) is 24.1 Å². The van der Waals surface area contributed by atoms with Gasteiger partial charge in [-0.15, -0.1) is 0 Å². The molecule has 3 heteroatoms. The van der Waals surface area contributed by atoms with Gasteiger partial charge in [0.15, 0.2) is 5.78 Å². The van der Waals surface area contributed by atoms with Crippen LogP contribution in [0, 0.1) is 0 Å². The lowest BCUT2D eigenvalue weighted by Crippen LogP contribution is -2.15. The number of ketones is 1. The van der Waals surface area contributed by atoms with Crippen LogP contribution in [0.4, 0.5) is 0 Å². The summed E-state index contributed by atoms with van der Waals surface area (Å²) in [6, 6.07) is 7.65. The molecule has 0 aliphatic heterocycles. The first kappa shape index (κ1) is 12.7. The van der Waals surface area contributed by atoms with Crippen molar-refractivity contribution < 1.29 is 14.6 Å². The van der Waals surface area contributed by atoms with Gasteiger partial charge in [0.05, 0.1) is 0 Å². The summed E-state index contributed by atoms with van der Waals surface area (Å²) in [7, 11) is 0. The second-order valence-corrected chi connectivity index (χ2v) is 4.76. The van der Waals surface area contributed by atoms with E-state index >= 15 is 0 Å². The van der Waals surface area contributed by atoms with Crippen LogP contribution in [0.25, 0.3) is 0 Å². The van der Waals surface area contributed by atoms with Crippen molar-refractivity contribution in [3.63, 3.8) is 0 Å². The van der Waals surface area contributed by atoms with Crippen molar-refractivity contribution >= 4 is 5.78 Å². The summed E-state index contributed by atoms with van der Waals surface area (Å²) in [4.78, 5) is 10.8. The van der Waals surface area contributed by atoms with Crippen molar-refractivity contribution in [3.8, 4) is 5.75 Å². The minimum Gasteiger partial charge on any atom is -0.486 e. The van der Waals surface area contributed by atoms with Crippen molar-refractivity contribution in [3.05, 3.63) is 29.8 Å². The molecule has 0 aliphatic rings. The summed E-state index contributed by atoms with van der Waals surface area (Å²) >= 11 is 0. The minimum atomic E-state index is -0.472. The Kier molecular flexibility index (Phi) is 4.07. The molecule has 0 heterocycles. The fraction of sp³-hybridized carbons (Fsp3) is 0.462. The van der Waals surface area contributed by atoms with E-state index in [1.165, 1.54) is 5.56 Å². The van der Waals surface area contributed by atoms with Crippen LogP contribution in [0.2, 0.25) is 0 Å². The smallest absolute Gasteiger partial charge is 0.195 e. The summed E-state index contributed by atoms with van der Waals surface area (Å²) in [6.07, 6.45) is 0. The zero-order chi connectivity index (χ0) is 12.2. The fourth-order valence-electron chi connectivity index (χ4n) is 1.26. The number of rotatable bonds is 4. The predicted octanol–water partition coefficient (Wildman–Crippen LogP) is 1.92. The molecule has 16 heavy (non-hydrogen) atoms. The number of hydrogen-bond acceptors (Lipinski definition) is 3. The monoisotopic (exact) mass is 222 g/mol. The molecule has 0 saturated carbocycles. The molecule has 3 nitrogen and oxygen atoms in total. The molecule has 1 aromatic rings. The number of benzene rings is 1. The average Bonchev–Trinajstić information content (AvgIpc) is 2.25. The van der Waals surface area contributed by atoms with E-state index in [1.807, 2.05) is 24.3 Å². The summed E-state index contributed by atoms with van der Waals surface area (Å²) in [5.41, 5.74) is 1.33. The lowest BCUT2D eigenvalue weighted by atomic mass is 9.87. The first-order valence-electron chi connectivity index (χ1n) is 5.29. The van der Waals surface area contributed by atoms with Crippen LogP contribution < -0.4 is 4.74 Å². The SMILES string of the molecule is CC(C)(C)c1ccc(OCC(=O)CO)cc1. The number of Topliss-reactive ketones (excluding diaryl/α,β-unsaturated/α-hetero) is 1. The van der Waals surface area contributed by atoms with Crippen LogP contribution in [0.15, 0.2) is 24.3 Å². The van der Waals surface area contributed by atoms with E-state index in [4.69, 9.17) is 9.84 Å². The Morgan fingerprint density at radius 2 is 1.81 bits per heavy atom. The van der Waals surface area contributed by atoms with Gasteiger partial charge in [-0.2, -0.15) is 0 Å². The second kappa shape index (κ2) is 5.12. The number of carbonyl (C=O) groups excluding carboxylic acids is 1. The van der Waals surface area contributed by atoms with Crippen molar-refractivity contribution in [1.82, 2.24) is 0 Å². The molecule has 1 N–H and O–H groups in total. The molecule has 0 fully saturated rings. The summed E-state index contributed by atoms with van der Waals surface area (Å²) in [5.74, 6) is 0.328.